The minimum Gasteiger partial charge on any atom is -0.383 e. The monoisotopic (exact) mass is 534 g/mol. The fourth-order valence-corrected chi connectivity index (χ4v) is 5.92. The highest BCUT2D eigenvalue weighted by Gasteiger charge is 2.29. The van der Waals surface area contributed by atoms with Crippen LogP contribution in [0.2, 0.25) is 5.28 Å². The average molecular weight is 535 g/mol. The molecule has 5 rings (SSSR count). The van der Waals surface area contributed by atoms with Gasteiger partial charge in [-0.15, -0.1) is 0 Å². The first-order valence-corrected chi connectivity index (χ1v) is 13.9. The molecule has 1 aliphatic rings. The van der Waals surface area contributed by atoms with Gasteiger partial charge in [0.25, 0.3) is 0 Å². The number of nitrogens with two attached hydrogens (primary N) is 1. The predicted octanol–water partition coefficient (Wildman–Crippen LogP) is 5.97. The van der Waals surface area contributed by atoms with Gasteiger partial charge in [-0.3, -0.25) is 0 Å². The third-order valence-electron chi connectivity index (χ3n) is 7.63. The van der Waals surface area contributed by atoms with Crippen LogP contribution in [0.25, 0.3) is 22.2 Å². The lowest BCUT2D eigenvalue weighted by atomic mass is 10.1. The zero-order chi connectivity index (χ0) is 26.5. The Kier molecular flexibility index (Phi) is 8.57. The molecule has 3 N–H and O–H groups in total. The summed E-state index contributed by atoms with van der Waals surface area (Å²) < 4.78 is 15.3. The summed E-state index contributed by atoms with van der Waals surface area (Å²) in [6, 6.07) is 17.4. The fourth-order valence-electron chi connectivity index (χ4n) is 5.74. The van der Waals surface area contributed by atoms with Crippen molar-refractivity contribution in [2.75, 3.05) is 39.0 Å². The van der Waals surface area contributed by atoms with Crippen molar-refractivity contribution in [2.24, 2.45) is 5.92 Å². The molecule has 2 unspecified atom stereocenters. The van der Waals surface area contributed by atoms with Crippen molar-refractivity contribution >= 4 is 28.5 Å². The van der Waals surface area contributed by atoms with Crippen LogP contribution >= 0.6 is 11.6 Å². The van der Waals surface area contributed by atoms with E-state index < -0.39 is 0 Å². The standard InChI is InChI=1S/C30H36ClFN6/c1-37(17-5-15-34-16-14-21-8-11-24(32)12-9-21)19-22-10-13-25(18-22)38-20-26(23-6-3-2-4-7-23)27-28(33)35-30(31)36-29(27)38/h2-4,6-9,11-12,20,22,25,34H,5,10,13-19H2,1H3,(H2,33,35,36). The van der Waals surface area contributed by atoms with Crippen LogP contribution in [0.3, 0.4) is 0 Å². The van der Waals surface area contributed by atoms with E-state index in [1.807, 2.05) is 30.3 Å². The number of aromatic nitrogens is 3. The molecule has 1 fully saturated rings. The first kappa shape index (κ1) is 26.6. The van der Waals surface area contributed by atoms with Gasteiger partial charge in [0.2, 0.25) is 5.28 Å². The van der Waals surface area contributed by atoms with Gasteiger partial charge in [-0.25, -0.2) is 9.37 Å². The number of nitrogens with one attached hydrogen (secondary N) is 1. The summed E-state index contributed by atoms with van der Waals surface area (Å²) in [7, 11) is 2.22. The van der Waals surface area contributed by atoms with E-state index in [4.69, 9.17) is 17.3 Å². The molecule has 0 amide bonds. The Bertz CT molecular complexity index is 1340. The topological polar surface area (TPSA) is 72.0 Å². The van der Waals surface area contributed by atoms with Gasteiger partial charge in [0.05, 0.1) is 5.39 Å². The minimum absolute atomic E-state index is 0.181. The number of anilines is 1. The second-order valence-corrected chi connectivity index (χ2v) is 10.8. The number of fused-ring (bicyclic) bond motifs is 1. The quantitative estimate of drug-likeness (QED) is 0.183. The highest BCUT2D eigenvalue weighted by Crippen LogP contribution is 2.41. The molecule has 0 bridgehead atoms. The van der Waals surface area contributed by atoms with Crippen LogP contribution in [0, 0.1) is 11.7 Å². The first-order valence-electron chi connectivity index (χ1n) is 13.5. The van der Waals surface area contributed by atoms with Crippen LogP contribution in [0.5, 0.6) is 0 Å². The van der Waals surface area contributed by atoms with Gasteiger partial charge in [0.15, 0.2) is 0 Å². The summed E-state index contributed by atoms with van der Waals surface area (Å²) in [5.74, 6) is 0.891. The molecule has 0 aliphatic heterocycles. The third kappa shape index (κ3) is 6.34. The third-order valence-corrected chi connectivity index (χ3v) is 7.80. The number of halogens is 2. The van der Waals surface area contributed by atoms with Gasteiger partial charge < -0.3 is 20.5 Å². The molecule has 8 heteroatoms. The second kappa shape index (κ2) is 12.2. The lowest BCUT2D eigenvalue weighted by molar-refractivity contribution is 0.270. The van der Waals surface area contributed by atoms with E-state index in [1.165, 1.54) is 18.6 Å². The number of nitrogen functional groups attached to an aromatic ring is 1. The highest BCUT2D eigenvalue weighted by molar-refractivity contribution is 6.29. The predicted molar refractivity (Wildman–Crippen MR) is 154 cm³/mol. The van der Waals surface area contributed by atoms with Crippen LogP contribution in [0.15, 0.2) is 60.8 Å². The maximum Gasteiger partial charge on any atom is 0.226 e. The van der Waals surface area contributed by atoms with E-state index >= 15 is 0 Å². The Morgan fingerprint density at radius 2 is 1.87 bits per heavy atom. The average Bonchev–Trinajstić information content (AvgIpc) is 3.52. The SMILES string of the molecule is CN(CCCNCCc1ccc(F)cc1)CC1CCC(n2cc(-c3ccccc3)c3c(N)nc(Cl)nc32)C1. The zero-order valence-corrected chi connectivity index (χ0v) is 22.7. The Morgan fingerprint density at radius 3 is 2.66 bits per heavy atom. The molecule has 38 heavy (non-hydrogen) atoms. The van der Waals surface area contributed by atoms with Crippen LogP contribution in [0.1, 0.15) is 37.3 Å². The van der Waals surface area contributed by atoms with E-state index in [-0.39, 0.29) is 11.1 Å². The lowest BCUT2D eigenvalue weighted by Crippen LogP contribution is -2.28. The van der Waals surface area contributed by atoms with Crippen LogP contribution in [-0.4, -0.2) is 52.7 Å². The van der Waals surface area contributed by atoms with Gasteiger partial charge in [0, 0.05) is 24.3 Å². The second-order valence-electron chi connectivity index (χ2n) is 10.5. The summed E-state index contributed by atoms with van der Waals surface area (Å²) in [6.07, 6.45) is 7.63. The molecular weight excluding hydrogens is 499 g/mol. The highest BCUT2D eigenvalue weighted by atomic mass is 35.5. The van der Waals surface area contributed by atoms with Gasteiger partial charge in [-0.1, -0.05) is 42.5 Å². The largest absolute Gasteiger partial charge is 0.383 e. The molecule has 2 atom stereocenters. The normalized spacial score (nSPS) is 17.6. The number of hydrogen-bond donors (Lipinski definition) is 2. The summed E-state index contributed by atoms with van der Waals surface area (Å²) >= 11 is 6.23. The summed E-state index contributed by atoms with van der Waals surface area (Å²) in [4.78, 5) is 11.3. The van der Waals surface area contributed by atoms with E-state index in [1.54, 1.807) is 0 Å². The van der Waals surface area contributed by atoms with Gasteiger partial charge >= 0.3 is 0 Å². The van der Waals surface area contributed by atoms with Gasteiger partial charge in [-0.2, -0.15) is 4.98 Å². The molecule has 0 spiro atoms. The number of rotatable bonds is 11. The van der Waals surface area contributed by atoms with Crippen molar-refractivity contribution in [1.82, 2.24) is 24.8 Å². The molecular formula is C30H36ClFN6. The number of hydrogen-bond acceptors (Lipinski definition) is 5. The van der Waals surface area contributed by atoms with Gasteiger partial charge in [-0.05, 0) is 99.6 Å². The number of benzene rings is 2. The van der Waals surface area contributed by atoms with Crippen LogP contribution in [0.4, 0.5) is 10.2 Å². The minimum atomic E-state index is -0.181. The maximum atomic E-state index is 13.0. The van der Waals surface area contributed by atoms with Crippen molar-refractivity contribution < 1.29 is 4.39 Å². The smallest absolute Gasteiger partial charge is 0.226 e. The Balaban J connectivity index is 1.14. The fraction of sp³-hybridized carbons (Fsp3) is 0.400. The molecule has 4 aromatic rings. The van der Waals surface area contributed by atoms with Crippen molar-refractivity contribution in [2.45, 2.75) is 38.1 Å². The zero-order valence-electron chi connectivity index (χ0n) is 21.9. The molecule has 200 valence electrons. The van der Waals surface area contributed by atoms with E-state index in [0.29, 0.717) is 17.8 Å². The summed E-state index contributed by atoms with van der Waals surface area (Å²) in [5, 5.41) is 4.58. The number of nitrogens with zero attached hydrogens (tertiary/aromatic N) is 4. The molecule has 1 saturated carbocycles. The molecule has 2 heterocycles. The van der Waals surface area contributed by atoms with Crippen LogP contribution < -0.4 is 11.1 Å². The van der Waals surface area contributed by atoms with Crippen molar-refractivity contribution in [1.29, 1.82) is 0 Å². The van der Waals surface area contributed by atoms with Crippen molar-refractivity contribution in [3.05, 3.63) is 77.5 Å². The Labute approximate surface area is 229 Å². The molecule has 2 aromatic carbocycles. The molecule has 0 radical (unpaired) electrons. The first-order chi connectivity index (χ1) is 18.5. The molecule has 0 saturated heterocycles. The van der Waals surface area contributed by atoms with E-state index in [9.17, 15) is 4.39 Å². The Morgan fingerprint density at radius 1 is 1.08 bits per heavy atom. The van der Waals surface area contributed by atoms with Gasteiger partial charge in [0.1, 0.15) is 17.3 Å². The summed E-state index contributed by atoms with van der Waals surface area (Å²) in [5.41, 5.74) is 10.5. The molecule has 6 nitrogen and oxygen atoms in total. The maximum absolute atomic E-state index is 13.0. The van der Waals surface area contributed by atoms with Crippen molar-refractivity contribution in [3.8, 4) is 11.1 Å². The van der Waals surface area contributed by atoms with E-state index in [2.05, 4.69) is 50.1 Å². The van der Waals surface area contributed by atoms with Crippen LogP contribution in [-0.2, 0) is 6.42 Å². The van der Waals surface area contributed by atoms with E-state index in [0.717, 1.165) is 79.6 Å². The molecule has 1 aliphatic carbocycles. The lowest BCUT2D eigenvalue weighted by Gasteiger charge is -2.21. The molecule has 2 aromatic heterocycles. The Hall–Kier alpha value is -3.00. The van der Waals surface area contributed by atoms with Crippen molar-refractivity contribution in [3.63, 3.8) is 0 Å². The summed E-state index contributed by atoms with van der Waals surface area (Å²) in [6.45, 7) is 4.05.